The summed E-state index contributed by atoms with van der Waals surface area (Å²) in [4.78, 5) is 13.1. The maximum atomic E-state index is 13.1. The molecule has 0 radical (unpaired) electrons. The average Bonchev–Trinajstić information content (AvgIpc) is 3.07. The lowest BCUT2D eigenvalue weighted by Gasteiger charge is -2.47. The third-order valence-electron chi connectivity index (χ3n) is 7.50. The molecular weight excluding hydrogens is 424 g/mol. The van der Waals surface area contributed by atoms with Crippen LogP contribution in [0.4, 0.5) is 0 Å². The van der Waals surface area contributed by atoms with Gasteiger partial charge >= 0.3 is 0 Å². The number of aliphatic hydroxyl groups is 1. The van der Waals surface area contributed by atoms with Crippen LogP contribution in [0.15, 0.2) is 42.5 Å². The Balaban J connectivity index is 1.82. The van der Waals surface area contributed by atoms with Crippen molar-refractivity contribution in [1.29, 1.82) is 5.26 Å². The van der Waals surface area contributed by atoms with E-state index in [0.717, 1.165) is 30.4 Å². The first kappa shape index (κ1) is 22.6. The molecule has 6 heteroatoms. The molecule has 5 unspecified atom stereocenters. The maximum absolute atomic E-state index is 13.1. The van der Waals surface area contributed by atoms with Crippen molar-refractivity contribution in [2.24, 2.45) is 11.3 Å². The second-order valence-corrected chi connectivity index (χ2v) is 9.39. The summed E-state index contributed by atoms with van der Waals surface area (Å²) in [6, 6.07) is 15.9. The predicted octanol–water partition coefficient (Wildman–Crippen LogP) is 4.77. The summed E-state index contributed by atoms with van der Waals surface area (Å²) < 4.78 is 5.53. The van der Waals surface area contributed by atoms with Crippen LogP contribution in [-0.4, -0.2) is 30.3 Å². The first-order valence-electron chi connectivity index (χ1n) is 11.3. The van der Waals surface area contributed by atoms with Crippen LogP contribution in [0.1, 0.15) is 61.6 Å². The molecule has 2 N–H and O–H groups in total. The number of nitriles is 1. The van der Waals surface area contributed by atoms with Crippen LogP contribution in [0.25, 0.3) is 0 Å². The number of amides is 1. The first-order valence-corrected chi connectivity index (χ1v) is 11.7. The van der Waals surface area contributed by atoms with Crippen molar-refractivity contribution in [1.82, 2.24) is 5.32 Å². The minimum atomic E-state index is -0.392. The summed E-state index contributed by atoms with van der Waals surface area (Å²) >= 11 is 6.19. The molecule has 1 amide bonds. The van der Waals surface area contributed by atoms with E-state index in [1.807, 2.05) is 24.3 Å². The van der Waals surface area contributed by atoms with E-state index in [0.29, 0.717) is 16.3 Å². The third kappa shape index (κ3) is 3.76. The number of carbonyl (C=O) groups excluding carboxylic acids is 1. The minimum Gasteiger partial charge on any atom is -0.491 e. The quantitative estimate of drug-likeness (QED) is 0.661. The SMILES string of the molecule is CCC12CCC(c3ccc(OCCO)cc3C#N)C(c3ccc(Cl)cc3)C1C(C)NC2=O. The summed E-state index contributed by atoms with van der Waals surface area (Å²) in [5.74, 6) is 1.02. The predicted molar refractivity (Wildman–Crippen MR) is 124 cm³/mol. The molecule has 5 atom stereocenters. The number of fused-ring (bicyclic) bond motifs is 1. The van der Waals surface area contributed by atoms with Gasteiger partial charge in [-0.15, -0.1) is 0 Å². The van der Waals surface area contributed by atoms with E-state index < -0.39 is 5.41 Å². The zero-order valence-corrected chi connectivity index (χ0v) is 19.2. The van der Waals surface area contributed by atoms with Crippen LogP contribution in [-0.2, 0) is 4.79 Å². The fourth-order valence-corrected chi connectivity index (χ4v) is 6.23. The molecular formula is C26H29ClN2O3. The lowest BCUT2D eigenvalue weighted by molar-refractivity contribution is -0.131. The van der Waals surface area contributed by atoms with E-state index in [-0.39, 0.29) is 42.9 Å². The molecule has 1 saturated carbocycles. The molecule has 2 aliphatic rings. The number of halogens is 1. The number of benzene rings is 2. The minimum absolute atomic E-state index is 0.0450. The smallest absolute Gasteiger partial charge is 0.226 e. The third-order valence-corrected chi connectivity index (χ3v) is 7.75. The largest absolute Gasteiger partial charge is 0.491 e. The molecule has 1 saturated heterocycles. The molecule has 1 aliphatic carbocycles. The lowest BCUT2D eigenvalue weighted by atomic mass is 9.54. The Kier molecular flexibility index (Phi) is 6.46. The van der Waals surface area contributed by atoms with Gasteiger partial charge in [0.2, 0.25) is 5.91 Å². The van der Waals surface area contributed by atoms with Crippen LogP contribution in [0, 0.1) is 22.7 Å². The average molecular weight is 453 g/mol. The molecule has 168 valence electrons. The van der Waals surface area contributed by atoms with Crippen molar-refractivity contribution >= 4 is 17.5 Å². The second kappa shape index (κ2) is 9.13. The highest BCUT2D eigenvalue weighted by Crippen LogP contribution is 2.60. The van der Waals surface area contributed by atoms with Crippen LogP contribution in [0.3, 0.4) is 0 Å². The number of nitrogens with one attached hydrogen (secondary N) is 1. The Bertz CT molecular complexity index is 1030. The molecule has 2 fully saturated rings. The maximum Gasteiger partial charge on any atom is 0.226 e. The molecule has 0 spiro atoms. The van der Waals surface area contributed by atoms with E-state index >= 15 is 0 Å². The fourth-order valence-electron chi connectivity index (χ4n) is 6.10. The molecule has 4 rings (SSSR count). The van der Waals surface area contributed by atoms with Gasteiger partial charge in [0.05, 0.1) is 23.7 Å². The Morgan fingerprint density at radius 2 is 2.03 bits per heavy atom. The Labute approximate surface area is 194 Å². The Morgan fingerprint density at radius 1 is 1.28 bits per heavy atom. The highest BCUT2D eigenvalue weighted by molar-refractivity contribution is 6.30. The summed E-state index contributed by atoms with van der Waals surface area (Å²) in [5.41, 5.74) is 2.32. The van der Waals surface area contributed by atoms with E-state index in [2.05, 4.69) is 37.4 Å². The van der Waals surface area contributed by atoms with Gasteiger partial charge in [-0.3, -0.25) is 4.79 Å². The molecule has 2 aromatic carbocycles. The number of hydrogen-bond acceptors (Lipinski definition) is 4. The van der Waals surface area contributed by atoms with Crippen molar-refractivity contribution in [3.63, 3.8) is 0 Å². The molecule has 1 aliphatic heterocycles. The number of rotatable bonds is 6. The highest BCUT2D eigenvalue weighted by atomic mass is 35.5. The number of hydrogen-bond donors (Lipinski definition) is 2. The first-order chi connectivity index (χ1) is 15.4. The molecule has 0 aromatic heterocycles. The van der Waals surface area contributed by atoms with Crippen LogP contribution in [0.2, 0.25) is 5.02 Å². The standard InChI is InChI=1S/C26H29ClN2O3/c1-3-26-11-10-22(21-9-8-20(32-13-12-30)14-18(21)15-28)23(17-4-6-19(27)7-5-17)24(26)16(2)29-25(26)31/h4-9,14,16,22-24,30H,3,10-13H2,1-2H3,(H,29,31). The van der Waals surface area contributed by atoms with Gasteiger partial charge in [0.15, 0.2) is 0 Å². The van der Waals surface area contributed by atoms with Crippen molar-refractivity contribution in [3.8, 4) is 11.8 Å². The van der Waals surface area contributed by atoms with Crippen molar-refractivity contribution in [2.45, 2.75) is 51.0 Å². The lowest BCUT2D eigenvalue weighted by Crippen LogP contribution is -2.44. The summed E-state index contributed by atoms with van der Waals surface area (Å²) in [7, 11) is 0. The van der Waals surface area contributed by atoms with Gasteiger partial charge in [0, 0.05) is 17.0 Å². The van der Waals surface area contributed by atoms with Gasteiger partial charge in [-0.2, -0.15) is 5.26 Å². The summed E-state index contributed by atoms with van der Waals surface area (Å²) in [6.45, 7) is 4.32. The Hall–Kier alpha value is -2.55. The zero-order chi connectivity index (χ0) is 22.9. The summed E-state index contributed by atoms with van der Waals surface area (Å²) in [5, 5.41) is 22.9. The molecule has 32 heavy (non-hydrogen) atoms. The van der Waals surface area contributed by atoms with Crippen molar-refractivity contribution < 1.29 is 14.6 Å². The number of carbonyl (C=O) groups is 1. The van der Waals surface area contributed by atoms with Gasteiger partial charge < -0.3 is 15.2 Å². The van der Waals surface area contributed by atoms with Crippen LogP contribution < -0.4 is 10.1 Å². The van der Waals surface area contributed by atoms with Crippen LogP contribution in [0.5, 0.6) is 5.75 Å². The topological polar surface area (TPSA) is 82.3 Å². The van der Waals surface area contributed by atoms with Gasteiger partial charge in [0.25, 0.3) is 0 Å². The number of aliphatic hydroxyl groups excluding tert-OH is 1. The highest BCUT2D eigenvalue weighted by Gasteiger charge is 2.59. The second-order valence-electron chi connectivity index (χ2n) is 8.95. The van der Waals surface area contributed by atoms with E-state index in [1.54, 1.807) is 6.07 Å². The van der Waals surface area contributed by atoms with E-state index in [1.165, 1.54) is 0 Å². The zero-order valence-electron chi connectivity index (χ0n) is 18.5. The number of ether oxygens (including phenoxy) is 1. The van der Waals surface area contributed by atoms with Gasteiger partial charge in [-0.25, -0.2) is 0 Å². The van der Waals surface area contributed by atoms with Crippen LogP contribution >= 0.6 is 11.6 Å². The molecule has 1 heterocycles. The normalized spacial score (nSPS) is 29.2. The molecule has 0 bridgehead atoms. The number of nitrogens with zero attached hydrogens (tertiary/aromatic N) is 1. The summed E-state index contributed by atoms with van der Waals surface area (Å²) in [6.07, 6.45) is 2.42. The van der Waals surface area contributed by atoms with Gasteiger partial charge in [-0.05, 0) is 73.4 Å². The van der Waals surface area contributed by atoms with E-state index in [4.69, 9.17) is 21.4 Å². The van der Waals surface area contributed by atoms with Crippen molar-refractivity contribution in [2.75, 3.05) is 13.2 Å². The fraction of sp³-hybridized carbons (Fsp3) is 0.462. The van der Waals surface area contributed by atoms with Gasteiger partial charge in [0.1, 0.15) is 12.4 Å². The van der Waals surface area contributed by atoms with Gasteiger partial charge in [-0.1, -0.05) is 36.7 Å². The molecule has 2 aromatic rings. The van der Waals surface area contributed by atoms with E-state index in [9.17, 15) is 10.1 Å². The molecule has 5 nitrogen and oxygen atoms in total. The Morgan fingerprint density at radius 3 is 2.69 bits per heavy atom. The van der Waals surface area contributed by atoms with Crippen molar-refractivity contribution in [3.05, 3.63) is 64.2 Å². The monoisotopic (exact) mass is 452 g/mol.